The minimum absolute atomic E-state index is 0.0846. The summed E-state index contributed by atoms with van der Waals surface area (Å²) in [5.74, 6) is -0.835. The fourth-order valence-corrected chi connectivity index (χ4v) is 4.85. The van der Waals surface area contributed by atoms with Crippen LogP contribution in [0.25, 0.3) is 16.7 Å². The number of fused-ring (bicyclic) bond motifs is 1. The van der Waals surface area contributed by atoms with E-state index >= 15 is 0 Å². The number of methoxy groups -OCH3 is 1. The molecule has 0 radical (unpaired) electrons. The Labute approximate surface area is 211 Å². The molecular formula is C28H23BrN2O4. The molecule has 1 amide bonds. The van der Waals surface area contributed by atoms with Gasteiger partial charge in [0.1, 0.15) is 11.5 Å². The van der Waals surface area contributed by atoms with Gasteiger partial charge in [-0.25, -0.2) is 0 Å². The van der Waals surface area contributed by atoms with Crippen molar-refractivity contribution in [3.63, 3.8) is 0 Å². The highest BCUT2D eigenvalue weighted by atomic mass is 79.9. The van der Waals surface area contributed by atoms with Gasteiger partial charge in [-0.05, 0) is 47.9 Å². The van der Waals surface area contributed by atoms with Crippen molar-refractivity contribution in [1.29, 1.82) is 0 Å². The van der Waals surface area contributed by atoms with Crippen LogP contribution in [0.15, 0.2) is 89.0 Å². The number of amides is 1. The maximum atomic E-state index is 13.2. The Hall–Kier alpha value is -3.84. The summed E-state index contributed by atoms with van der Waals surface area (Å²) in [5.41, 5.74) is 3.36. The first-order valence-electron chi connectivity index (χ1n) is 11.2. The molecule has 0 bridgehead atoms. The number of aromatic nitrogens is 1. The minimum Gasteiger partial charge on any atom is -0.507 e. The lowest BCUT2D eigenvalue weighted by molar-refractivity contribution is -0.139. The molecule has 0 saturated carbocycles. The van der Waals surface area contributed by atoms with Gasteiger partial charge in [0.25, 0.3) is 11.7 Å². The minimum atomic E-state index is -0.713. The monoisotopic (exact) mass is 530 g/mol. The molecule has 35 heavy (non-hydrogen) atoms. The summed E-state index contributed by atoms with van der Waals surface area (Å²) < 4.78 is 6.12. The van der Waals surface area contributed by atoms with E-state index in [1.165, 1.54) is 0 Å². The number of likely N-dealkylation sites (tertiary alicyclic amines) is 1. The number of hydrogen-bond acceptors (Lipinski definition) is 4. The van der Waals surface area contributed by atoms with Gasteiger partial charge in [0.2, 0.25) is 0 Å². The predicted molar refractivity (Wildman–Crippen MR) is 138 cm³/mol. The number of carbonyl (C=O) groups is 2. The standard InChI is InChI=1S/C28H23BrN2O4/c1-35-21-12-8-17(9-13-21)25-24(26(32)18-6-10-20(29)11-7-18)27(33)28(34)31(25)15-14-19-16-30-23-5-3-2-4-22(19)23/h2-13,16,25,30,32H,14-15H2,1H3/b26-24-. The van der Waals surface area contributed by atoms with Crippen molar-refractivity contribution in [3.8, 4) is 5.75 Å². The van der Waals surface area contributed by atoms with Gasteiger partial charge in [-0.2, -0.15) is 0 Å². The predicted octanol–water partition coefficient (Wildman–Crippen LogP) is 5.60. The van der Waals surface area contributed by atoms with Crippen molar-refractivity contribution < 1.29 is 19.4 Å². The van der Waals surface area contributed by atoms with Crippen molar-refractivity contribution in [2.45, 2.75) is 12.5 Å². The number of halogens is 1. The summed E-state index contributed by atoms with van der Waals surface area (Å²) in [4.78, 5) is 31.3. The number of aliphatic hydroxyl groups excluding tert-OH is 1. The van der Waals surface area contributed by atoms with Crippen molar-refractivity contribution >= 4 is 44.3 Å². The molecule has 2 heterocycles. The number of carbonyl (C=O) groups excluding carboxylic acids is 2. The quantitative estimate of drug-likeness (QED) is 0.193. The summed E-state index contributed by atoms with van der Waals surface area (Å²) in [6.45, 7) is 0.320. The summed E-state index contributed by atoms with van der Waals surface area (Å²) in [6, 6.07) is 21.5. The lowest BCUT2D eigenvalue weighted by atomic mass is 9.95. The van der Waals surface area contributed by atoms with Crippen LogP contribution in [0.4, 0.5) is 0 Å². The van der Waals surface area contributed by atoms with Crippen LogP contribution in [0.2, 0.25) is 0 Å². The summed E-state index contributed by atoms with van der Waals surface area (Å²) in [6.07, 6.45) is 2.49. The molecule has 2 N–H and O–H groups in total. The number of aromatic amines is 1. The molecule has 1 unspecified atom stereocenters. The zero-order valence-electron chi connectivity index (χ0n) is 19.0. The molecule has 5 rings (SSSR count). The maximum Gasteiger partial charge on any atom is 0.295 e. The molecule has 0 spiro atoms. The molecule has 4 aromatic rings. The first kappa shape index (κ1) is 22.9. The molecule has 1 atom stereocenters. The van der Waals surface area contributed by atoms with E-state index in [0.29, 0.717) is 24.3 Å². The zero-order chi connectivity index (χ0) is 24.5. The van der Waals surface area contributed by atoms with Crippen LogP contribution in [0.3, 0.4) is 0 Å². The second kappa shape index (κ2) is 9.43. The van der Waals surface area contributed by atoms with E-state index in [2.05, 4.69) is 20.9 Å². The van der Waals surface area contributed by atoms with Crippen molar-refractivity contribution in [2.24, 2.45) is 0 Å². The Morgan fingerprint density at radius 3 is 2.46 bits per heavy atom. The van der Waals surface area contributed by atoms with E-state index in [9.17, 15) is 14.7 Å². The first-order chi connectivity index (χ1) is 17.0. The SMILES string of the molecule is COc1ccc(C2/C(=C(/O)c3ccc(Br)cc3)C(=O)C(=O)N2CCc2c[nH]c3ccccc23)cc1. The highest BCUT2D eigenvalue weighted by molar-refractivity contribution is 9.10. The molecule has 1 fully saturated rings. The third-order valence-corrected chi connectivity index (χ3v) is 6.91. The molecule has 3 aromatic carbocycles. The fraction of sp³-hybridized carbons (Fsp3) is 0.143. The molecule has 176 valence electrons. The molecule has 0 aliphatic carbocycles. The second-order valence-corrected chi connectivity index (χ2v) is 9.30. The average molecular weight is 531 g/mol. The van der Waals surface area contributed by atoms with Crippen molar-refractivity contribution in [2.75, 3.05) is 13.7 Å². The van der Waals surface area contributed by atoms with Gasteiger partial charge in [0.15, 0.2) is 0 Å². The Balaban J connectivity index is 1.56. The van der Waals surface area contributed by atoms with E-state index in [1.807, 2.05) is 42.6 Å². The van der Waals surface area contributed by atoms with Crippen molar-refractivity contribution in [3.05, 3.63) is 106 Å². The number of aliphatic hydroxyl groups is 1. The van der Waals surface area contributed by atoms with Gasteiger partial charge in [-0.15, -0.1) is 0 Å². The van der Waals surface area contributed by atoms with Crippen LogP contribution in [-0.4, -0.2) is 40.3 Å². The number of benzene rings is 3. The lowest BCUT2D eigenvalue weighted by Gasteiger charge is -2.25. The Morgan fingerprint density at radius 2 is 1.74 bits per heavy atom. The summed E-state index contributed by atoms with van der Waals surface area (Å²) >= 11 is 3.39. The topological polar surface area (TPSA) is 82.6 Å². The van der Waals surface area contributed by atoms with E-state index in [4.69, 9.17) is 4.74 Å². The molecule has 6 nitrogen and oxygen atoms in total. The molecule has 1 saturated heterocycles. The van der Waals surface area contributed by atoms with E-state index in [0.717, 1.165) is 26.5 Å². The Bertz CT molecular complexity index is 1440. The van der Waals surface area contributed by atoms with Gasteiger partial charge >= 0.3 is 0 Å². The van der Waals surface area contributed by atoms with Crippen LogP contribution in [0.1, 0.15) is 22.7 Å². The van der Waals surface area contributed by atoms with Gasteiger partial charge in [0.05, 0.1) is 18.7 Å². The summed E-state index contributed by atoms with van der Waals surface area (Å²) in [5, 5.41) is 12.3. The van der Waals surface area contributed by atoms with Crippen LogP contribution in [0, 0.1) is 0 Å². The Kier molecular flexibility index (Phi) is 6.17. The highest BCUT2D eigenvalue weighted by Crippen LogP contribution is 2.40. The number of ketones is 1. The smallest absolute Gasteiger partial charge is 0.295 e. The molecule has 1 aliphatic rings. The van der Waals surface area contributed by atoms with Gasteiger partial charge in [-0.3, -0.25) is 9.59 Å². The second-order valence-electron chi connectivity index (χ2n) is 8.38. The zero-order valence-corrected chi connectivity index (χ0v) is 20.6. The average Bonchev–Trinajstić information content (AvgIpc) is 3.41. The Morgan fingerprint density at radius 1 is 1.03 bits per heavy atom. The van der Waals surface area contributed by atoms with Gasteiger partial charge in [-0.1, -0.05) is 58.4 Å². The number of para-hydroxylation sites is 1. The van der Waals surface area contributed by atoms with E-state index in [1.54, 1.807) is 48.4 Å². The molecule has 1 aliphatic heterocycles. The first-order valence-corrected chi connectivity index (χ1v) is 12.0. The number of nitrogens with zero attached hydrogens (tertiary/aromatic N) is 1. The number of nitrogens with one attached hydrogen (secondary N) is 1. The van der Waals surface area contributed by atoms with Crippen LogP contribution in [-0.2, 0) is 16.0 Å². The van der Waals surface area contributed by atoms with Crippen LogP contribution in [0.5, 0.6) is 5.75 Å². The largest absolute Gasteiger partial charge is 0.507 e. The third-order valence-electron chi connectivity index (χ3n) is 6.39. The maximum absolute atomic E-state index is 13.2. The lowest BCUT2D eigenvalue weighted by Crippen LogP contribution is -2.31. The van der Waals surface area contributed by atoms with E-state index in [-0.39, 0.29) is 11.3 Å². The number of ether oxygens (including phenoxy) is 1. The van der Waals surface area contributed by atoms with Crippen molar-refractivity contribution in [1.82, 2.24) is 9.88 Å². The number of Topliss-reactive ketones (excluding diaryl/α,β-unsaturated/α-hetero) is 1. The fourth-order valence-electron chi connectivity index (χ4n) is 4.59. The highest BCUT2D eigenvalue weighted by Gasteiger charge is 2.45. The summed E-state index contributed by atoms with van der Waals surface area (Å²) in [7, 11) is 1.58. The van der Waals surface area contributed by atoms with Crippen LogP contribution < -0.4 is 4.74 Å². The van der Waals surface area contributed by atoms with E-state index < -0.39 is 17.7 Å². The van der Waals surface area contributed by atoms with Gasteiger partial charge < -0.3 is 19.7 Å². The normalized spacial score (nSPS) is 17.3. The molecular weight excluding hydrogens is 508 g/mol. The number of rotatable bonds is 6. The third kappa shape index (κ3) is 4.23. The molecule has 7 heteroatoms. The van der Waals surface area contributed by atoms with Gasteiger partial charge in [0, 0.05) is 33.7 Å². The molecule has 1 aromatic heterocycles. The number of hydrogen-bond donors (Lipinski definition) is 2. The van der Waals surface area contributed by atoms with Crippen LogP contribution >= 0.6 is 15.9 Å². The number of H-pyrrole nitrogens is 1.